The van der Waals surface area contributed by atoms with E-state index in [1.165, 1.54) is 48.8 Å². The molecule has 1 aliphatic rings. The molecule has 0 N–H and O–H groups in total. The summed E-state index contributed by atoms with van der Waals surface area (Å²) in [4.78, 5) is 2.69. The number of anilines is 1. The molecule has 0 aromatic heterocycles. The van der Waals surface area contributed by atoms with E-state index in [9.17, 15) is 8.42 Å². The molecular formula is C27H31ClN2O3S. The predicted molar refractivity (Wildman–Crippen MR) is 138 cm³/mol. The molecule has 0 radical (unpaired) electrons. The average Bonchev–Trinajstić information content (AvgIpc) is 2.87. The van der Waals surface area contributed by atoms with Crippen molar-refractivity contribution in [3.63, 3.8) is 0 Å². The molecule has 5 nitrogen and oxygen atoms in total. The number of para-hydroxylation sites is 2. The maximum absolute atomic E-state index is 13.6. The molecule has 3 aromatic rings. The Morgan fingerprint density at radius 2 is 1.53 bits per heavy atom. The number of hydrogen-bond donors (Lipinski definition) is 0. The van der Waals surface area contributed by atoms with Gasteiger partial charge < -0.3 is 9.64 Å². The molecule has 4 rings (SSSR count). The van der Waals surface area contributed by atoms with Gasteiger partial charge in [-0.25, -0.2) is 8.42 Å². The van der Waals surface area contributed by atoms with Gasteiger partial charge in [0.2, 0.25) is 0 Å². The van der Waals surface area contributed by atoms with Crippen molar-refractivity contribution in [2.24, 2.45) is 0 Å². The van der Waals surface area contributed by atoms with Crippen molar-refractivity contribution in [3.8, 4) is 5.75 Å². The van der Waals surface area contributed by atoms with Gasteiger partial charge in [-0.2, -0.15) is 0 Å². The lowest BCUT2D eigenvalue weighted by atomic mass is 10.1. The van der Waals surface area contributed by atoms with Crippen LogP contribution in [0.5, 0.6) is 5.75 Å². The summed E-state index contributed by atoms with van der Waals surface area (Å²) in [6.45, 7) is 4.14. The molecule has 0 bridgehead atoms. The fourth-order valence-electron chi connectivity index (χ4n) is 4.23. The maximum Gasteiger partial charge on any atom is 0.264 e. The Kier molecular flexibility index (Phi) is 8.48. The highest BCUT2D eigenvalue weighted by Gasteiger charge is 2.26. The van der Waals surface area contributed by atoms with Gasteiger partial charge in [0, 0.05) is 17.1 Å². The van der Waals surface area contributed by atoms with Crippen LogP contribution in [0.1, 0.15) is 31.2 Å². The first-order valence-corrected chi connectivity index (χ1v) is 13.6. The highest BCUT2D eigenvalue weighted by Crippen LogP contribution is 2.29. The van der Waals surface area contributed by atoms with Gasteiger partial charge in [-0.1, -0.05) is 54.4 Å². The quantitative estimate of drug-likeness (QED) is 0.322. The lowest BCUT2D eigenvalue weighted by Gasteiger charge is -2.27. The standard InChI is InChI=1S/C27H31ClN2O3S/c28-24-14-16-26(17-15-24)34(31,32)30(25-11-3-1-4-12-25)22-23-10-5-6-13-27(23)33-21-9-20-29-18-7-2-8-19-29/h1,3-6,10-17H,2,7-9,18-22H2. The Morgan fingerprint density at radius 3 is 2.26 bits per heavy atom. The number of rotatable bonds is 10. The Labute approximate surface area is 208 Å². The lowest BCUT2D eigenvalue weighted by Crippen LogP contribution is -2.31. The van der Waals surface area contributed by atoms with Crippen LogP contribution in [0, 0.1) is 0 Å². The first-order valence-electron chi connectivity index (χ1n) is 11.8. The zero-order valence-electron chi connectivity index (χ0n) is 19.3. The molecule has 34 heavy (non-hydrogen) atoms. The first kappa shape index (κ1) is 24.6. The summed E-state index contributed by atoms with van der Waals surface area (Å²) in [5.41, 5.74) is 1.42. The van der Waals surface area contributed by atoms with Gasteiger partial charge in [0.25, 0.3) is 10.0 Å². The van der Waals surface area contributed by atoms with Gasteiger partial charge in [0.05, 0.1) is 23.7 Å². The lowest BCUT2D eigenvalue weighted by molar-refractivity contribution is 0.204. The van der Waals surface area contributed by atoms with Gasteiger partial charge in [-0.3, -0.25) is 4.31 Å². The van der Waals surface area contributed by atoms with Crippen molar-refractivity contribution >= 4 is 27.3 Å². The van der Waals surface area contributed by atoms with E-state index in [1.807, 2.05) is 42.5 Å². The van der Waals surface area contributed by atoms with Crippen molar-refractivity contribution in [2.45, 2.75) is 37.1 Å². The van der Waals surface area contributed by atoms with E-state index in [-0.39, 0.29) is 11.4 Å². The van der Waals surface area contributed by atoms with Crippen LogP contribution in [0.15, 0.2) is 83.8 Å². The third-order valence-corrected chi connectivity index (χ3v) is 8.10. The summed E-state index contributed by atoms with van der Waals surface area (Å²) in [6, 6.07) is 23.1. The van der Waals surface area contributed by atoms with Gasteiger partial charge >= 0.3 is 0 Å². The zero-order chi connectivity index (χ0) is 23.8. The highest BCUT2D eigenvalue weighted by atomic mass is 35.5. The Balaban J connectivity index is 1.52. The molecule has 0 atom stereocenters. The number of hydrogen-bond acceptors (Lipinski definition) is 4. The smallest absolute Gasteiger partial charge is 0.264 e. The molecular weight excluding hydrogens is 468 g/mol. The molecule has 0 saturated carbocycles. The van der Waals surface area contributed by atoms with Crippen LogP contribution < -0.4 is 9.04 Å². The molecule has 3 aromatic carbocycles. The second-order valence-corrected chi connectivity index (χ2v) is 10.8. The summed E-state index contributed by atoms with van der Waals surface area (Å²) in [7, 11) is -3.81. The molecule has 0 amide bonds. The minimum atomic E-state index is -3.81. The maximum atomic E-state index is 13.6. The third-order valence-electron chi connectivity index (χ3n) is 6.06. The highest BCUT2D eigenvalue weighted by molar-refractivity contribution is 7.92. The van der Waals surface area contributed by atoms with Gasteiger partial charge in [0.1, 0.15) is 5.75 Å². The largest absolute Gasteiger partial charge is 0.493 e. The van der Waals surface area contributed by atoms with Crippen molar-refractivity contribution in [1.29, 1.82) is 0 Å². The van der Waals surface area contributed by atoms with Crippen LogP contribution >= 0.6 is 11.6 Å². The molecule has 0 aliphatic carbocycles. The summed E-state index contributed by atoms with van der Waals surface area (Å²) >= 11 is 5.99. The number of halogens is 1. The molecule has 1 saturated heterocycles. The topological polar surface area (TPSA) is 49.9 Å². The Hall–Kier alpha value is -2.54. The molecule has 1 fully saturated rings. The first-order chi connectivity index (χ1) is 16.5. The SMILES string of the molecule is O=S(=O)(c1ccc(Cl)cc1)N(Cc1ccccc1OCCCN1CCCCC1)c1ccccc1. The Morgan fingerprint density at radius 1 is 0.853 bits per heavy atom. The number of benzene rings is 3. The molecule has 7 heteroatoms. The number of ether oxygens (including phenoxy) is 1. The molecule has 180 valence electrons. The molecule has 1 aliphatic heterocycles. The average molecular weight is 499 g/mol. The second kappa shape index (κ2) is 11.7. The normalized spacial score (nSPS) is 14.6. The fourth-order valence-corrected chi connectivity index (χ4v) is 5.80. The zero-order valence-corrected chi connectivity index (χ0v) is 20.8. The van der Waals surface area contributed by atoms with Crippen molar-refractivity contribution in [3.05, 3.63) is 89.4 Å². The van der Waals surface area contributed by atoms with E-state index in [0.29, 0.717) is 23.1 Å². The van der Waals surface area contributed by atoms with Crippen LogP contribution in [0.3, 0.4) is 0 Å². The summed E-state index contributed by atoms with van der Waals surface area (Å²) in [5.74, 6) is 0.716. The van der Waals surface area contributed by atoms with E-state index in [0.717, 1.165) is 18.5 Å². The minimum Gasteiger partial charge on any atom is -0.493 e. The fraction of sp³-hybridized carbons (Fsp3) is 0.333. The van der Waals surface area contributed by atoms with E-state index in [4.69, 9.17) is 16.3 Å². The molecule has 0 spiro atoms. The van der Waals surface area contributed by atoms with E-state index in [2.05, 4.69) is 4.90 Å². The third kappa shape index (κ3) is 6.32. The van der Waals surface area contributed by atoms with Crippen LogP contribution in [-0.2, 0) is 16.6 Å². The minimum absolute atomic E-state index is 0.164. The van der Waals surface area contributed by atoms with Crippen LogP contribution in [0.2, 0.25) is 5.02 Å². The van der Waals surface area contributed by atoms with Crippen LogP contribution in [0.25, 0.3) is 0 Å². The van der Waals surface area contributed by atoms with Gasteiger partial charge in [-0.05, 0) is 74.8 Å². The van der Waals surface area contributed by atoms with Gasteiger partial charge in [0.15, 0.2) is 0 Å². The second-order valence-electron chi connectivity index (χ2n) is 8.51. The van der Waals surface area contributed by atoms with Crippen molar-refractivity contribution < 1.29 is 13.2 Å². The van der Waals surface area contributed by atoms with E-state index in [1.54, 1.807) is 24.3 Å². The monoisotopic (exact) mass is 498 g/mol. The van der Waals surface area contributed by atoms with E-state index < -0.39 is 10.0 Å². The van der Waals surface area contributed by atoms with Crippen molar-refractivity contribution in [1.82, 2.24) is 4.90 Å². The number of nitrogens with zero attached hydrogens (tertiary/aromatic N) is 2. The molecule has 1 heterocycles. The Bertz CT molecular complexity index is 1150. The number of sulfonamides is 1. The number of piperidine rings is 1. The van der Waals surface area contributed by atoms with Crippen LogP contribution in [0.4, 0.5) is 5.69 Å². The van der Waals surface area contributed by atoms with Gasteiger partial charge in [-0.15, -0.1) is 0 Å². The van der Waals surface area contributed by atoms with Crippen molar-refractivity contribution in [2.75, 3.05) is 30.5 Å². The van der Waals surface area contributed by atoms with E-state index >= 15 is 0 Å². The van der Waals surface area contributed by atoms with Crippen LogP contribution in [-0.4, -0.2) is 39.6 Å². The number of likely N-dealkylation sites (tertiary alicyclic amines) is 1. The predicted octanol–water partition coefficient (Wildman–Crippen LogP) is 5.99. The molecule has 0 unspecified atom stereocenters. The summed E-state index contributed by atoms with van der Waals surface area (Å²) in [6.07, 6.45) is 4.83. The summed E-state index contributed by atoms with van der Waals surface area (Å²) < 4.78 is 34.8. The summed E-state index contributed by atoms with van der Waals surface area (Å²) in [5, 5.41) is 0.494.